The monoisotopic (exact) mass is 297 g/mol. The summed E-state index contributed by atoms with van der Waals surface area (Å²) in [6.45, 7) is 3.58. The van der Waals surface area contributed by atoms with Gasteiger partial charge in [0.05, 0.1) is 6.42 Å². The van der Waals surface area contributed by atoms with Crippen molar-refractivity contribution < 1.29 is 9.90 Å². The van der Waals surface area contributed by atoms with Crippen LogP contribution in [0.25, 0.3) is 0 Å². The molecular formula is C19H23NO2. The third-order valence-corrected chi connectivity index (χ3v) is 3.85. The molecule has 0 saturated carbocycles. The number of hydrogen-bond donors (Lipinski definition) is 1. The van der Waals surface area contributed by atoms with E-state index in [0.717, 1.165) is 19.5 Å². The Morgan fingerprint density at radius 1 is 0.955 bits per heavy atom. The molecule has 3 nitrogen and oxygen atoms in total. The van der Waals surface area contributed by atoms with Gasteiger partial charge in [-0.2, -0.15) is 0 Å². The van der Waals surface area contributed by atoms with E-state index in [2.05, 4.69) is 36.1 Å². The SMILES string of the molecule is CC[C@H](CC(=O)O)N(Cc1ccccc1)Cc1ccccc1. The van der Waals surface area contributed by atoms with Crippen LogP contribution < -0.4 is 0 Å². The first-order chi connectivity index (χ1) is 10.7. The maximum Gasteiger partial charge on any atom is 0.304 e. The maximum absolute atomic E-state index is 11.2. The van der Waals surface area contributed by atoms with Crippen molar-refractivity contribution in [2.75, 3.05) is 0 Å². The smallest absolute Gasteiger partial charge is 0.304 e. The molecule has 2 aromatic carbocycles. The fourth-order valence-corrected chi connectivity index (χ4v) is 2.68. The summed E-state index contributed by atoms with van der Waals surface area (Å²) in [6.07, 6.45) is 1.00. The van der Waals surface area contributed by atoms with Crippen LogP contribution in [0.1, 0.15) is 30.9 Å². The van der Waals surface area contributed by atoms with Gasteiger partial charge in [0.1, 0.15) is 0 Å². The van der Waals surface area contributed by atoms with E-state index in [1.807, 2.05) is 36.4 Å². The molecule has 0 radical (unpaired) electrons. The largest absolute Gasteiger partial charge is 0.481 e. The molecule has 0 aromatic heterocycles. The van der Waals surface area contributed by atoms with Gasteiger partial charge in [-0.3, -0.25) is 9.69 Å². The number of aliphatic carboxylic acids is 1. The predicted octanol–water partition coefficient (Wildman–Crippen LogP) is 3.94. The summed E-state index contributed by atoms with van der Waals surface area (Å²) in [4.78, 5) is 13.4. The molecule has 1 N–H and O–H groups in total. The van der Waals surface area contributed by atoms with Crippen LogP contribution in [-0.2, 0) is 17.9 Å². The van der Waals surface area contributed by atoms with Crippen LogP contribution in [0, 0.1) is 0 Å². The fraction of sp³-hybridized carbons (Fsp3) is 0.316. The molecule has 22 heavy (non-hydrogen) atoms. The van der Waals surface area contributed by atoms with Gasteiger partial charge in [-0.1, -0.05) is 67.6 Å². The normalized spacial score (nSPS) is 12.3. The van der Waals surface area contributed by atoms with E-state index in [4.69, 9.17) is 5.11 Å². The Kier molecular flexibility index (Phi) is 6.16. The molecule has 0 aliphatic carbocycles. The summed E-state index contributed by atoms with van der Waals surface area (Å²) in [5.41, 5.74) is 2.42. The average molecular weight is 297 g/mol. The molecular weight excluding hydrogens is 274 g/mol. The summed E-state index contributed by atoms with van der Waals surface area (Å²) in [6, 6.07) is 20.5. The van der Waals surface area contributed by atoms with Crippen molar-refractivity contribution in [2.24, 2.45) is 0 Å². The van der Waals surface area contributed by atoms with Crippen molar-refractivity contribution in [2.45, 2.75) is 38.9 Å². The molecule has 0 spiro atoms. The van der Waals surface area contributed by atoms with Crippen LogP contribution in [0.5, 0.6) is 0 Å². The molecule has 0 fully saturated rings. The highest BCUT2D eigenvalue weighted by molar-refractivity contribution is 5.67. The Balaban J connectivity index is 2.17. The van der Waals surface area contributed by atoms with Gasteiger partial charge in [0.25, 0.3) is 0 Å². The minimum atomic E-state index is -0.738. The minimum Gasteiger partial charge on any atom is -0.481 e. The standard InChI is InChI=1S/C19H23NO2/c1-2-18(13-19(21)22)20(14-16-9-5-3-6-10-16)15-17-11-7-4-8-12-17/h3-12,18H,2,13-15H2,1H3,(H,21,22)/t18-/m1/s1. The first-order valence-corrected chi connectivity index (χ1v) is 7.72. The lowest BCUT2D eigenvalue weighted by molar-refractivity contribution is -0.138. The van der Waals surface area contributed by atoms with E-state index in [0.29, 0.717) is 0 Å². The number of hydrogen-bond acceptors (Lipinski definition) is 2. The number of carboxylic acid groups (broad SMARTS) is 1. The number of rotatable bonds is 8. The molecule has 0 amide bonds. The minimum absolute atomic E-state index is 0.0397. The summed E-state index contributed by atoms with van der Waals surface area (Å²) in [7, 11) is 0. The Hall–Kier alpha value is -2.13. The highest BCUT2D eigenvalue weighted by Crippen LogP contribution is 2.17. The Morgan fingerprint density at radius 3 is 1.77 bits per heavy atom. The molecule has 0 saturated heterocycles. The van der Waals surface area contributed by atoms with E-state index >= 15 is 0 Å². The lowest BCUT2D eigenvalue weighted by atomic mass is 10.1. The molecule has 0 aliphatic rings. The zero-order valence-corrected chi connectivity index (χ0v) is 13.0. The van der Waals surface area contributed by atoms with Gasteiger partial charge in [-0.15, -0.1) is 0 Å². The van der Waals surface area contributed by atoms with Crippen LogP contribution in [0.15, 0.2) is 60.7 Å². The lowest BCUT2D eigenvalue weighted by Gasteiger charge is -2.30. The average Bonchev–Trinajstić information content (AvgIpc) is 2.54. The highest BCUT2D eigenvalue weighted by atomic mass is 16.4. The van der Waals surface area contributed by atoms with E-state index in [-0.39, 0.29) is 12.5 Å². The molecule has 0 heterocycles. The zero-order chi connectivity index (χ0) is 15.8. The van der Waals surface area contributed by atoms with Gasteiger partial charge >= 0.3 is 5.97 Å². The van der Waals surface area contributed by atoms with Crippen molar-refractivity contribution >= 4 is 5.97 Å². The van der Waals surface area contributed by atoms with Crippen LogP contribution >= 0.6 is 0 Å². The van der Waals surface area contributed by atoms with Crippen molar-refractivity contribution in [1.82, 2.24) is 4.90 Å². The van der Waals surface area contributed by atoms with E-state index < -0.39 is 5.97 Å². The van der Waals surface area contributed by atoms with Gasteiger partial charge < -0.3 is 5.11 Å². The Morgan fingerprint density at radius 2 is 1.41 bits per heavy atom. The topological polar surface area (TPSA) is 40.5 Å². The van der Waals surface area contributed by atoms with Crippen LogP contribution in [-0.4, -0.2) is 22.0 Å². The summed E-state index contributed by atoms with van der Waals surface area (Å²) in [5, 5.41) is 9.17. The fourth-order valence-electron chi connectivity index (χ4n) is 2.68. The quantitative estimate of drug-likeness (QED) is 0.802. The first-order valence-electron chi connectivity index (χ1n) is 7.72. The van der Waals surface area contributed by atoms with Crippen molar-refractivity contribution in [3.05, 3.63) is 71.8 Å². The third kappa shape index (κ3) is 5.01. The predicted molar refractivity (Wildman–Crippen MR) is 88.5 cm³/mol. The van der Waals surface area contributed by atoms with Crippen molar-refractivity contribution in [3.8, 4) is 0 Å². The van der Waals surface area contributed by atoms with Crippen molar-refractivity contribution in [3.63, 3.8) is 0 Å². The molecule has 0 bridgehead atoms. The summed E-state index contributed by atoms with van der Waals surface area (Å²) < 4.78 is 0. The lowest BCUT2D eigenvalue weighted by Crippen LogP contribution is -2.35. The number of carboxylic acids is 1. The Bertz CT molecular complexity index is 527. The van der Waals surface area contributed by atoms with Gasteiger partial charge in [-0.25, -0.2) is 0 Å². The second-order valence-corrected chi connectivity index (χ2v) is 5.54. The zero-order valence-electron chi connectivity index (χ0n) is 13.0. The molecule has 116 valence electrons. The highest BCUT2D eigenvalue weighted by Gasteiger charge is 2.20. The molecule has 2 rings (SSSR count). The van der Waals surface area contributed by atoms with Crippen LogP contribution in [0.3, 0.4) is 0 Å². The molecule has 0 unspecified atom stereocenters. The molecule has 3 heteroatoms. The van der Waals surface area contributed by atoms with Gasteiger partial charge in [-0.05, 0) is 17.5 Å². The van der Waals surface area contributed by atoms with Gasteiger partial charge in [0.15, 0.2) is 0 Å². The van der Waals surface area contributed by atoms with E-state index in [9.17, 15) is 4.79 Å². The van der Waals surface area contributed by atoms with Gasteiger partial charge in [0.2, 0.25) is 0 Å². The molecule has 0 aliphatic heterocycles. The third-order valence-electron chi connectivity index (χ3n) is 3.85. The Labute approximate surface area is 132 Å². The van der Waals surface area contributed by atoms with Crippen LogP contribution in [0.4, 0.5) is 0 Å². The molecule has 2 aromatic rings. The maximum atomic E-state index is 11.2. The van der Waals surface area contributed by atoms with Crippen LogP contribution in [0.2, 0.25) is 0 Å². The number of benzene rings is 2. The van der Waals surface area contributed by atoms with Crippen molar-refractivity contribution in [1.29, 1.82) is 0 Å². The van der Waals surface area contributed by atoms with E-state index in [1.54, 1.807) is 0 Å². The summed E-state index contributed by atoms with van der Waals surface area (Å²) in [5.74, 6) is -0.738. The number of carbonyl (C=O) groups is 1. The second-order valence-electron chi connectivity index (χ2n) is 5.54. The molecule has 1 atom stereocenters. The number of nitrogens with zero attached hydrogens (tertiary/aromatic N) is 1. The second kappa shape index (κ2) is 8.35. The van der Waals surface area contributed by atoms with E-state index in [1.165, 1.54) is 11.1 Å². The van der Waals surface area contributed by atoms with Gasteiger partial charge in [0, 0.05) is 19.1 Å². The first kappa shape index (κ1) is 16.2. The summed E-state index contributed by atoms with van der Waals surface area (Å²) >= 11 is 0.